The Kier molecular flexibility index (Phi) is 4.77. The predicted octanol–water partition coefficient (Wildman–Crippen LogP) is 3.21. The van der Waals surface area contributed by atoms with Gasteiger partial charge in [-0.15, -0.1) is 0 Å². The largest absolute Gasteiger partial charge is 0.354 e. The second-order valence-corrected chi connectivity index (χ2v) is 6.45. The summed E-state index contributed by atoms with van der Waals surface area (Å²) in [4.78, 5) is 12.5. The van der Waals surface area contributed by atoms with Gasteiger partial charge in [-0.05, 0) is 24.0 Å². The van der Waals surface area contributed by atoms with Crippen LogP contribution in [0.5, 0.6) is 0 Å². The van der Waals surface area contributed by atoms with Crippen LogP contribution in [0.4, 0.5) is 0 Å². The monoisotopic (exact) mass is 308 g/mol. The molecule has 3 rings (SSSR count). The molecule has 2 aromatic carbocycles. The molecule has 3 N–H and O–H groups in total. The smallest absolute Gasteiger partial charge is 0.240 e. The number of nitrogens with two attached hydrogens (primary N) is 1. The van der Waals surface area contributed by atoms with Crippen LogP contribution in [0.25, 0.3) is 0 Å². The zero-order valence-electron chi connectivity index (χ0n) is 13.4. The zero-order valence-corrected chi connectivity index (χ0v) is 13.4. The minimum Gasteiger partial charge on any atom is -0.354 e. The van der Waals surface area contributed by atoms with Crippen LogP contribution in [0.1, 0.15) is 42.7 Å². The molecular formula is C20H24N2O. The number of carbonyl (C=O) groups excluding carboxylic acids is 1. The number of nitrogens with one attached hydrogen (secondary N) is 1. The van der Waals surface area contributed by atoms with Crippen LogP contribution in [0.2, 0.25) is 0 Å². The third kappa shape index (κ3) is 3.62. The van der Waals surface area contributed by atoms with Crippen molar-refractivity contribution in [2.45, 2.75) is 37.1 Å². The van der Waals surface area contributed by atoms with Crippen molar-refractivity contribution in [1.29, 1.82) is 0 Å². The van der Waals surface area contributed by atoms with E-state index < -0.39 is 5.54 Å². The molecular weight excluding hydrogens is 284 g/mol. The van der Waals surface area contributed by atoms with Gasteiger partial charge in [0.15, 0.2) is 0 Å². The van der Waals surface area contributed by atoms with Crippen LogP contribution < -0.4 is 11.1 Å². The van der Waals surface area contributed by atoms with E-state index in [0.717, 1.165) is 25.7 Å². The average Bonchev–Trinajstić information content (AvgIpc) is 3.05. The molecule has 0 saturated heterocycles. The van der Waals surface area contributed by atoms with Gasteiger partial charge in [-0.1, -0.05) is 73.5 Å². The van der Waals surface area contributed by atoms with Crippen molar-refractivity contribution in [3.05, 3.63) is 71.8 Å². The summed E-state index contributed by atoms with van der Waals surface area (Å²) in [6.07, 6.45) is 3.68. The van der Waals surface area contributed by atoms with Crippen molar-refractivity contribution >= 4 is 5.91 Å². The second-order valence-electron chi connectivity index (χ2n) is 6.45. The summed E-state index contributed by atoms with van der Waals surface area (Å²) in [5.74, 6) is 0.137. The summed E-state index contributed by atoms with van der Waals surface area (Å²) >= 11 is 0. The Morgan fingerprint density at radius 2 is 1.43 bits per heavy atom. The van der Waals surface area contributed by atoms with Gasteiger partial charge in [0.05, 0.1) is 5.54 Å². The first-order valence-corrected chi connectivity index (χ1v) is 8.36. The molecule has 0 aliphatic heterocycles. The Hall–Kier alpha value is -2.13. The first-order chi connectivity index (χ1) is 11.2. The number of benzene rings is 2. The van der Waals surface area contributed by atoms with E-state index in [-0.39, 0.29) is 11.8 Å². The minimum atomic E-state index is -0.669. The number of hydrogen-bond acceptors (Lipinski definition) is 2. The van der Waals surface area contributed by atoms with E-state index in [4.69, 9.17) is 5.73 Å². The van der Waals surface area contributed by atoms with Gasteiger partial charge in [0.1, 0.15) is 0 Å². The van der Waals surface area contributed by atoms with E-state index in [1.165, 1.54) is 11.1 Å². The van der Waals surface area contributed by atoms with Crippen molar-refractivity contribution in [3.8, 4) is 0 Å². The first kappa shape index (κ1) is 15.8. The van der Waals surface area contributed by atoms with Crippen LogP contribution in [-0.4, -0.2) is 18.0 Å². The Balaban J connectivity index is 1.76. The fourth-order valence-electron chi connectivity index (χ4n) is 3.40. The Bertz CT molecular complexity index is 594. The van der Waals surface area contributed by atoms with Crippen molar-refractivity contribution in [2.75, 3.05) is 6.54 Å². The van der Waals surface area contributed by atoms with E-state index in [2.05, 4.69) is 29.6 Å². The van der Waals surface area contributed by atoms with Gasteiger partial charge in [-0.2, -0.15) is 0 Å². The van der Waals surface area contributed by atoms with Gasteiger partial charge in [-0.3, -0.25) is 4.79 Å². The van der Waals surface area contributed by atoms with Crippen LogP contribution in [0.15, 0.2) is 60.7 Å². The van der Waals surface area contributed by atoms with E-state index in [1.807, 2.05) is 36.4 Å². The SMILES string of the molecule is NC1(C(=O)NCC(c2ccccc2)c2ccccc2)CCCC1. The lowest BCUT2D eigenvalue weighted by atomic mass is 9.90. The summed E-state index contributed by atoms with van der Waals surface area (Å²) in [6, 6.07) is 20.6. The van der Waals surface area contributed by atoms with E-state index in [1.54, 1.807) is 0 Å². The maximum atomic E-state index is 12.5. The molecule has 1 aliphatic carbocycles. The number of hydrogen-bond donors (Lipinski definition) is 2. The lowest BCUT2D eigenvalue weighted by molar-refractivity contribution is -0.126. The highest BCUT2D eigenvalue weighted by atomic mass is 16.2. The zero-order chi connectivity index (χ0) is 16.1. The highest BCUT2D eigenvalue weighted by Crippen LogP contribution is 2.28. The van der Waals surface area contributed by atoms with Crippen molar-refractivity contribution in [3.63, 3.8) is 0 Å². The third-order valence-electron chi connectivity index (χ3n) is 4.82. The number of rotatable bonds is 5. The quantitative estimate of drug-likeness (QED) is 0.891. The van der Waals surface area contributed by atoms with Crippen molar-refractivity contribution < 1.29 is 4.79 Å². The summed E-state index contributed by atoms with van der Waals surface area (Å²) in [5.41, 5.74) is 8.00. The molecule has 0 atom stereocenters. The number of amides is 1. The molecule has 1 saturated carbocycles. The minimum absolute atomic E-state index is 0.00753. The Morgan fingerprint density at radius 1 is 0.957 bits per heavy atom. The number of carbonyl (C=O) groups is 1. The predicted molar refractivity (Wildman–Crippen MR) is 93.1 cm³/mol. The van der Waals surface area contributed by atoms with Crippen LogP contribution in [0, 0.1) is 0 Å². The normalized spacial score (nSPS) is 16.4. The third-order valence-corrected chi connectivity index (χ3v) is 4.82. The van der Waals surface area contributed by atoms with Gasteiger partial charge < -0.3 is 11.1 Å². The van der Waals surface area contributed by atoms with Gasteiger partial charge in [-0.25, -0.2) is 0 Å². The molecule has 0 aromatic heterocycles. The fourth-order valence-corrected chi connectivity index (χ4v) is 3.40. The fraction of sp³-hybridized carbons (Fsp3) is 0.350. The van der Waals surface area contributed by atoms with Crippen LogP contribution in [0.3, 0.4) is 0 Å². The molecule has 1 amide bonds. The Labute approximate surface area is 137 Å². The molecule has 0 unspecified atom stereocenters. The van der Waals surface area contributed by atoms with Gasteiger partial charge in [0.2, 0.25) is 5.91 Å². The maximum absolute atomic E-state index is 12.5. The van der Waals surface area contributed by atoms with Gasteiger partial charge in [0.25, 0.3) is 0 Å². The van der Waals surface area contributed by atoms with Gasteiger partial charge >= 0.3 is 0 Å². The molecule has 1 aliphatic rings. The molecule has 3 nitrogen and oxygen atoms in total. The average molecular weight is 308 g/mol. The highest BCUT2D eigenvalue weighted by molar-refractivity contribution is 5.86. The highest BCUT2D eigenvalue weighted by Gasteiger charge is 2.37. The lowest BCUT2D eigenvalue weighted by Gasteiger charge is -2.25. The molecule has 0 spiro atoms. The van der Waals surface area contributed by atoms with E-state index >= 15 is 0 Å². The van der Waals surface area contributed by atoms with Crippen molar-refractivity contribution in [2.24, 2.45) is 5.73 Å². The molecule has 1 fully saturated rings. The summed E-state index contributed by atoms with van der Waals surface area (Å²) in [5, 5.41) is 3.10. The van der Waals surface area contributed by atoms with Crippen LogP contribution >= 0.6 is 0 Å². The van der Waals surface area contributed by atoms with Crippen LogP contribution in [-0.2, 0) is 4.79 Å². The summed E-state index contributed by atoms with van der Waals surface area (Å²) in [7, 11) is 0. The molecule has 0 radical (unpaired) electrons. The standard InChI is InChI=1S/C20H24N2O/c21-20(13-7-8-14-20)19(23)22-15-18(16-9-3-1-4-10-16)17-11-5-2-6-12-17/h1-6,9-12,18H,7-8,13-15,21H2,(H,22,23). The molecule has 120 valence electrons. The van der Waals surface area contributed by atoms with Gasteiger partial charge in [0, 0.05) is 12.5 Å². The molecule has 0 heterocycles. The lowest BCUT2D eigenvalue weighted by Crippen LogP contribution is -2.52. The molecule has 2 aromatic rings. The van der Waals surface area contributed by atoms with Crippen molar-refractivity contribution in [1.82, 2.24) is 5.32 Å². The first-order valence-electron chi connectivity index (χ1n) is 8.36. The second kappa shape index (κ2) is 6.97. The van der Waals surface area contributed by atoms with E-state index in [9.17, 15) is 4.79 Å². The molecule has 23 heavy (non-hydrogen) atoms. The summed E-state index contributed by atoms with van der Waals surface area (Å²) in [6.45, 7) is 0.575. The Morgan fingerprint density at radius 3 is 1.91 bits per heavy atom. The molecule has 3 heteroatoms. The van der Waals surface area contributed by atoms with E-state index in [0.29, 0.717) is 6.54 Å². The maximum Gasteiger partial charge on any atom is 0.240 e. The summed E-state index contributed by atoms with van der Waals surface area (Å²) < 4.78 is 0. The topological polar surface area (TPSA) is 55.1 Å². The molecule has 0 bridgehead atoms.